The normalized spacial score (nSPS) is 22.6. The zero-order chi connectivity index (χ0) is 13.0. The fourth-order valence-corrected chi connectivity index (χ4v) is 3.53. The molecule has 1 aliphatic heterocycles. The van der Waals surface area contributed by atoms with Crippen LogP contribution in [0.1, 0.15) is 19.8 Å². The first kappa shape index (κ1) is 14.2. The Morgan fingerprint density at radius 2 is 2.00 bits per heavy atom. The molecule has 0 spiro atoms. The van der Waals surface area contributed by atoms with Crippen LogP contribution in [0.15, 0.2) is 0 Å². The number of rotatable bonds is 7. The maximum absolute atomic E-state index is 12.0. The van der Waals surface area contributed by atoms with Gasteiger partial charge in [-0.25, -0.2) is 4.72 Å². The number of piperazine rings is 1. The van der Waals surface area contributed by atoms with Crippen LogP contribution in [0.3, 0.4) is 0 Å². The largest absolute Gasteiger partial charge is 0.314 e. The lowest BCUT2D eigenvalue weighted by Crippen LogP contribution is -2.51. The van der Waals surface area contributed by atoms with Gasteiger partial charge in [0.15, 0.2) is 0 Å². The Labute approximate surface area is 110 Å². The number of hydrogen-bond acceptors (Lipinski definition) is 4. The molecule has 0 atom stereocenters. The van der Waals surface area contributed by atoms with Crippen LogP contribution in [-0.4, -0.2) is 69.5 Å². The molecule has 2 aliphatic rings. The third kappa shape index (κ3) is 3.89. The van der Waals surface area contributed by atoms with Gasteiger partial charge in [-0.3, -0.25) is 4.90 Å². The highest BCUT2D eigenvalue weighted by atomic mass is 32.2. The van der Waals surface area contributed by atoms with Gasteiger partial charge >= 0.3 is 0 Å². The Morgan fingerprint density at radius 1 is 1.33 bits per heavy atom. The third-order valence-electron chi connectivity index (χ3n) is 3.57. The average molecular weight is 276 g/mol. The maximum atomic E-state index is 12.0. The van der Waals surface area contributed by atoms with Crippen LogP contribution < -0.4 is 10.0 Å². The SMILES string of the molecule is CCN(CCNS(=O)(=O)N1CCNCC1)C1CC1. The molecule has 1 aliphatic carbocycles. The lowest BCUT2D eigenvalue weighted by Gasteiger charge is -2.27. The summed E-state index contributed by atoms with van der Waals surface area (Å²) in [5.41, 5.74) is 0. The summed E-state index contributed by atoms with van der Waals surface area (Å²) in [6.07, 6.45) is 2.52. The van der Waals surface area contributed by atoms with E-state index in [1.807, 2.05) is 0 Å². The predicted molar refractivity (Wildman–Crippen MR) is 71.6 cm³/mol. The minimum absolute atomic E-state index is 0.511. The van der Waals surface area contributed by atoms with Crippen molar-refractivity contribution in [3.63, 3.8) is 0 Å². The summed E-state index contributed by atoms with van der Waals surface area (Å²) in [5.74, 6) is 0. The minimum Gasteiger partial charge on any atom is -0.314 e. The van der Waals surface area contributed by atoms with Gasteiger partial charge in [0, 0.05) is 45.3 Å². The molecule has 106 valence electrons. The zero-order valence-electron chi connectivity index (χ0n) is 11.1. The van der Waals surface area contributed by atoms with E-state index in [9.17, 15) is 8.42 Å². The van der Waals surface area contributed by atoms with E-state index >= 15 is 0 Å². The van der Waals surface area contributed by atoms with E-state index in [2.05, 4.69) is 21.9 Å². The van der Waals surface area contributed by atoms with Crippen molar-refractivity contribution < 1.29 is 8.42 Å². The number of hydrogen-bond donors (Lipinski definition) is 2. The van der Waals surface area contributed by atoms with E-state index in [1.54, 1.807) is 0 Å². The molecular formula is C11H24N4O2S. The molecular weight excluding hydrogens is 252 g/mol. The van der Waals surface area contributed by atoms with Crippen LogP contribution in [0.25, 0.3) is 0 Å². The van der Waals surface area contributed by atoms with Crippen molar-refractivity contribution in [2.45, 2.75) is 25.8 Å². The molecule has 2 N–H and O–H groups in total. The van der Waals surface area contributed by atoms with Gasteiger partial charge in [-0.1, -0.05) is 6.92 Å². The number of likely N-dealkylation sites (N-methyl/N-ethyl adjacent to an activating group) is 1. The van der Waals surface area contributed by atoms with E-state index in [1.165, 1.54) is 17.1 Å². The minimum atomic E-state index is -3.28. The third-order valence-corrected chi connectivity index (χ3v) is 5.18. The van der Waals surface area contributed by atoms with Crippen LogP contribution in [0, 0.1) is 0 Å². The molecule has 0 aromatic carbocycles. The average Bonchev–Trinajstić information content (AvgIpc) is 3.20. The van der Waals surface area contributed by atoms with Gasteiger partial charge in [0.2, 0.25) is 0 Å². The van der Waals surface area contributed by atoms with Crippen molar-refractivity contribution in [2.75, 3.05) is 45.8 Å². The summed E-state index contributed by atoms with van der Waals surface area (Å²) in [4.78, 5) is 2.35. The van der Waals surface area contributed by atoms with Crippen LogP contribution >= 0.6 is 0 Å². The highest BCUT2D eigenvalue weighted by molar-refractivity contribution is 7.87. The van der Waals surface area contributed by atoms with Gasteiger partial charge in [0.05, 0.1) is 0 Å². The second-order valence-corrected chi connectivity index (χ2v) is 6.66. The van der Waals surface area contributed by atoms with Gasteiger partial charge in [-0.15, -0.1) is 0 Å². The first-order chi connectivity index (χ1) is 8.63. The van der Waals surface area contributed by atoms with Crippen molar-refractivity contribution in [2.24, 2.45) is 0 Å². The molecule has 0 radical (unpaired) electrons. The summed E-state index contributed by atoms with van der Waals surface area (Å²) < 4.78 is 28.2. The molecule has 0 amide bonds. The van der Waals surface area contributed by atoms with Crippen molar-refractivity contribution >= 4 is 10.2 Å². The van der Waals surface area contributed by atoms with E-state index in [0.717, 1.165) is 26.2 Å². The summed E-state index contributed by atoms with van der Waals surface area (Å²) in [6, 6.07) is 0.693. The van der Waals surface area contributed by atoms with E-state index in [0.29, 0.717) is 25.7 Å². The quantitative estimate of drug-likeness (QED) is 0.640. The van der Waals surface area contributed by atoms with Crippen molar-refractivity contribution in [1.29, 1.82) is 0 Å². The fourth-order valence-electron chi connectivity index (χ4n) is 2.33. The Hall–Kier alpha value is -0.210. The molecule has 1 saturated carbocycles. The topological polar surface area (TPSA) is 64.7 Å². The molecule has 0 aromatic rings. The number of nitrogens with zero attached hydrogens (tertiary/aromatic N) is 2. The van der Waals surface area contributed by atoms with Gasteiger partial charge in [-0.05, 0) is 19.4 Å². The highest BCUT2D eigenvalue weighted by Gasteiger charge is 2.28. The predicted octanol–water partition coefficient (Wildman–Crippen LogP) is -0.790. The molecule has 2 rings (SSSR count). The van der Waals surface area contributed by atoms with Gasteiger partial charge in [0.1, 0.15) is 0 Å². The second kappa shape index (κ2) is 6.29. The first-order valence-corrected chi connectivity index (χ1v) is 8.27. The highest BCUT2D eigenvalue weighted by Crippen LogP contribution is 2.25. The molecule has 6 nitrogen and oxygen atoms in total. The molecule has 1 heterocycles. The summed E-state index contributed by atoms with van der Waals surface area (Å²) in [5, 5.41) is 3.15. The van der Waals surface area contributed by atoms with Crippen molar-refractivity contribution in [3.05, 3.63) is 0 Å². The molecule has 2 fully saturated rings. The standard InChI is InChI=1S/C11H24N4O2S/c1-2-14(11-3-4-11)8-7-13-18(16,17)15-9-5-12-6-10-15/h11-13H,2-10H2,1H3. The molecule has 0 bridgehead atoms. The van der Waals surface area contributed by atoms with Gasteiger partial charge in [0.25, 0.3) is 10.2 Å². The van der Waals surface area contributed by atoms with Crippen molar-refractivity contribution in [3.8, 4) is 0 Å². The fraction of sp³-hybridized carbons (Fsp3) is 1.00. The molecule has 0 unspecified atom stereocenters. The van der Waals surface area contributed by atoms with Crippen LogP contribution in [0.2, 0.25) is 0 Å². The second-order valence-electron chi connectivity index (χ2n) is 4.91. The molecule has 7 heteroatoms. The van der Waals surface area contributed by atoms with Crippen LogP contribution in [0.4, 0.5) is 0 Å². The van der Waals surface area contributed by atoms with Gasteiger partial charge < -0.3 is 5.32 Å². The van der Waals surface area contributed by atoms with Crippen LogP contribution in [-0.2, 0) is 10.2 Å². The summed E-state index contributed by atoms with van der Waals surface area (Å²) in [7, 11) is -3.28. The Balaban J connectivity index is 1.73. The summed E-state index contributed by atoms with van der Waals surface area (Å²) in [6.45, 7) is 7.06. The summed E-state index contributed by atoms with van der Waals surface area (Å²) >= 11 is 0. The van der Waals surface area contributed by atoms with Crippen LogP contribution in [0.5, 0.6) is 0 Å². The van der Waals surface area contributed by atoms with E-state index in [-0.39, 0.29) is 0 Å². The lowest BCUT2D eigenvalue weighted by molar-refractivity contribution is 0.280. The molecule has 18 heavy (non-hydrogen) atoms. The maximum Gasteiger partial charge on any atom is 0.279 e. The first-order valence-electron chi connectivity index (χ1n) is 6.83. The molecule has 0 aromatic heterocycles. The monoisotopic (exact) mass is 276 g/mol. The van der Waals surface area contributed by atoms with Crippen molar-refractivity contribution in [1.82, 2.24) is 19.2 Å². The smallest absolute Gasteiger partial charge is 0.279 e. The van der Waals surface area contributed by atoms with Gasteiger partial charge in [-0.2, -0.15) is 12.7 Å². The lowest BCUT2D eigenvalue weighted by atomic mass is 10.4. The molecule has 1 saturated heterocycles. The van der Waals surface area contributed by atoms with E-state index < -0.39 is 10.2 Å². The van der Waals surface area contributed by atoms with E-state index in [4.69, 9.17) is 0 Å². The Kier molecular flexibility index (Phi) is 4.97. The zero-order valence-corrected chi connectivity index (χ0v) is 11.9. The number of nitrogens with one attached hydrogen (secondary N) is 2. The Bertz CT molecular complexity index is 350. The Morgan fingerprint density at radius 3 is 2.56 bits per heavy atom.